The fourth-order valence-electron chi connectivity index (χ4n) is 3.30. The number of fused-ring (bicyclic) bond motifs is 1. The van der Waals surface area contributed by atoms with Crippen molar-refractivity contribution in [2.45, 2.75) is 32.1 Å². The highest BCUT2D eigenvalue weighted by molar-refractivity contribution is 5.50. The highest BCUT2D eigenvalue weighted by Crippen LogP contribution is 2.43. The van der Waals surface area contributed by atoms with Crippen molar-refractivity contribution >= 4 is 6.08 Å². The topological polar surface area (TPSA) is 9.23 Å². The Hall–Kier alpha value is -1.08. The van der Waals surface area contributed by atoms with Crippen molar-refractivity contribution in [3.05, 3.63) is 41.5 Å². The van der Waals surface area contributed by atoms with Crippen LogP contribution in [-0.2, 0) is 17.6 Å². The third-order valence-corrected chi connectivity index (χ3v) is 4.51. The van der Waals surface area contributed by atoms with Gasteiger partial charge in [-0.2, -0.15) is 0 Å². The van der Waals surface area contributed by atoms with Crippen molar-refractivity contribution in [3.8, 4) is 0 Å². The van der Waals surface area contributed by atoms with Gasteiger partial charge in [0.25, 0.3) is 0 Å². The molecule has 1 aromatic carbocycles. The Kier molecular flexibility index (Phi) is 2.79. The number of hydrogen-bond donors (Lipinski definition) is 0. The maximum Gasteiger partial charge on any atom is 0.0471 e. The third kappa shape index (κ3) is 2.04. The summed E-state index contributed by atoms with van der Waals surface area (Å²) in [6.07, 6.45) is 8.26. The minimum absolute atomic E-state index is 0.533. The normalized spacial score (nSPS) is 22.1. The van der Waals surface area contributed by atoms with Crippen molar-refractivity contribution in [3.63, 3.8) is 0 Å². The van der Waals surface area contributed by atoms with E-state index in [1.807, 2.05) is 6.08 Å². The molecule has 17 heavy (non-hydrogen) atoms. The molecular weight excluding hydrogens is 208 g/mol. The van der Waals surface area contributed by atoms with Gasteiger partial charge in [0, 0.05) is 13.2 Å². The fraction of sp³-hybridized carbons (Fsp3) is 0.500. The molecule has 1 nitrogen and oxygen atoms in total. The van der Waals surface area contributed by atoms with Gasteiger partial charge < -0.3 is 4.74 Å². The summed E-state index contributed by atoms with van der Waals surface area (Å²) in [6.45, 7) is 5.77. The maximum absolute atomic E-state index is 5.51. The summed E-state index contributed by atoms with van der Waals surface area (Å²) in [5.41, 5.74) is 4.89. The summed E-state index contributed by atoms with van der Waals surface area (Å²) in [5.74, 6) is 0. The average molecular weight is 228 g/mol. The predicted octanol–water partition coefficient (Wildman–Crippen LogP) is 3.62. The first kappa shape index (κ1) is 11.0. The zero-order valence-corrected chi connectivity index (χ0v) is 10.4. The molecule has 2 aliphatic rings. The van der Waals surface area contributed by atoms with E-state index in [-0.39, 0.29) is 0 Å². The highest BCUT2D eigenvalue weighted by Gasteiger charge is 2.35. The SMILES string of the molecule is C=Cc1ccc2c(c1)CC1(CCOCC1)CC2. The smallest absolute Gasteiger partial charge is 0.0471 e. The van der Waals surface area contributed by atoms with Crippen LogP contribution in [0.3, 0.4) is 0 Å². The second-order valence-corrected chi connectivity index (χ2v) is 5.52. The summed E-state index contributed by atoms with van der Waals surface area (Å²) in [4.78, 5) is 0. The van der Waals surface area contributed by atoms with E-state index in [1.165, 1.54) is 37.7 Å². The van der Waals surface area contributed by atoms with Gasteiger partial charge in [-0.25, -0.2) is 0 Å². The molecule has 1 fully saturated rings. The van der Waals surface area contributed by atoms with E-state index in [4.69, 9.17) is 4.74 Å². The molecule has 1 spiro atoms. The van der Waals surface area contributed by atoms with Crippen LogP contribution >= 0.6 is 0 Å². The highest BCUT2D eigenvalue weighted by atomic mass is 16.5. The van der Waals surface area contributed by atoms with Gasteiger partial charge in [0.2, 0.25) is 0 Å². The number of benzene rings is 1. The lowest BCUT2D eigenvalue weighted by Gasteiger charge is -2.41. The van der Waals surface area contributed by atoms with Crippen molar-refractivity contribution < 1.29 is 4.74 Å². The van der Waals surface area contributed by atoms with Gasteiger partial charge in [-0.3, -0.25) is 0 Å². The molecule has 1 heteroatoms. The largest absolute Gasteiger partial charge is 0.381 e. The molecule has 0 saturated carbocycles. The standard InChI is InChI=1S/C16H20O/c1-2-13-3-4-14-5-6-16(12-15(14)11-13)7-9-17-10-8-16/h2-4,11H,1,5-10,12H2. The number of aryl methyl sites for hydroxylation is 1. The Morgan fingerprint density at radius 3 is 2.71 bits per heavy atom. The van der Waals surface area contributed by atoms with E-state index in [0.29, 0.717) is 5.41 Å². The number of rotatable bonds is 1. The van der Waals surface area contributed by atoms with Crippen LogP contribution in [0.15, 0.2) is 24.8 Å². The first-order chi connectivity index (χ1) is 8.31. The van der Waals surface area contributed by atoms with Crippen LogP contribution in [0.5, 0.6) is 0 Å². The second kappa shape index (κ2) is 4.30. The summed E-state index contributed by atoms with van der Waals surface area (Å²) in [7, 11) is 0. The molecule has 0 unspecified atom stereocenters. The first-order valence-electron chi connectivity index (χ1n) is 6.63. The second-order valence-electron chi connectivity index (χ2n) is 5.52. The lowest BCUT2D eigenvalue weighted by atomic mass is 9.67. The van der Waals surface area contributed by atoms with Crippen LogP contribution in [0.4, 0.5) is 0 Å². The molecule has 3 rings (SSSR count). The molecule has 0 N–H and O–H groups in total. The van der Waals surface area contributed by atoms with Gasteiger partial charge in [0.15, 0.2) is 0 Å². The minimum Gasteiger partial charge on any atom is -0.381 e. The van der Waals surface area contributed by atoms with E-state index in [1.54, 1.807) is 11.1 Å². The molecule has 1 aliphatic carbocycles. The zero-order chi connectivity index (χ0) is 11.7. The van der Waals surface area contributed by atoms with Crippen LogP contribution in [-0.4, -0.2) is 13.2 Å². The molecule has 0 aromatic heterocycles. The monoisotopic (exact) mass is 228 g/mol. The quantitative estimate of drug-likeness (QED) is 0.713. The summed E-state index contributed by atoms with van der Waals surface area (Å²) in [6, 6.07) is 6.81. The van der Waals surface area contributed by atoms with Crippen LogP contribution in [0.1, 0.15) is 36.0 Å². The molecule has 0 radical (unpaired) electrons. The third-order valence-electron chi connectivity index (χ3n) is 4.51. The van der Waals surface area contributed by atoms with Crippen LogP contribution in [0.25, 0.3) is 6.08 Å². The Morgan fingerprint density at radius 1 is 1.12 bits per heavy atom. The fourth-order valence-corrected chi connectivity index (χ4v) is 3.30. The first-order valence-corrected chi connectivity index (χ1v) is 6.63. The lowest BCUT2D eigenvalue weighted by Crippen LogP contribution is -2.35. The van der Waals surface area contributed by atoms with Crippen LogP contribution < -0.4 is 0 Å². The summed E-state index contributed by atoms with van der Waals surface area (Å²) < 4.78 is 5.51. The summed E-state index contributed by atoms with van der Waals surface area (Å²) >= 11 is 0. The molecular formula is C16H20O. The lowest BCUT2D eigenvalue weighted by molar-refractivity contribution is 0.00753. The van der Waals surface area contributed by atoms with E-state index in [9.17, 15) is 0 Å². The van der Waals surface area contributed by atoms with E-state index >= 15 is 0 Å². The molecule has 1 aliphatic heterocycles. The van der Waals surface area contributed by atoms with Gasteiger partial charge in [0.05, 0.1) is 0 Å². The molecule has 0 atom stereocenters. The zero-order valence-electron chi connectivity index (χ0n) is 10.4. The Morgan fingerprint density at radius 2 is 1.94 bits per heavy atom. The number of ether oxygens (including phenoxy) is 1. The Balaban J connectivity index is 1.90. The van der Waals surface area contributed by atoms with E-state index in [2.05, 4.69) is 24.8 Å². The minimum atomic E-state index is 0.533. The van der Waals surface area contributed by atoms with Gasteiger partial charge >= 0.3 is 0 Å². The predicted molar refractivity (Wildman–Crippen MR) is 71.0 cm³/mol. The van der Waals surface area contributed by atoms with Gasteiger partial charge in [0.1, 0.15) is 0 Å². The Bertz CT molecular complexity index is 427. The van der Waals surface area contributed by atoms with Crippen molar-refractivity contribution in [2.75, 3.05) is 13.2 Å². The summed E-state index contributed by atoms with van der Waals surface area (Å²) in [5, 5.41) is 0. The maximum atomic E-state index is 5.51. The van der Waals surface area contributed by atoms with Gasteiger partial charge in [-0.1, -0.05) is 30.9 Å². The van der Waals surface area contributed by atoms with Crippen molar-refractivity contribution in [2.24, 2.45) is 5.41 Å². The average Bonchev–Trinajstić information content (AvgIpc) is 2.39. The molecule has 1 heterocycles. The Labute approximate surface area is 103 Å². The van der Waals surface area contributed by atoms with Crippen molar-refractivity contribution in [1.82, 2.24) is 0 Å². The van der Waals surface area contributed by atoms with E-state index in [0.717, 1.165) is 13.2 Å². The van der Waals surface area contributed by atoms with Gasteiger partial charge in [-0.05, 0) is 54.2 Å². The van der Waals surface area contributed by atoms with Crippen LogP contribution in [0.2, 0.25) is 0 Å². The van der Waals surface area contributed by atoms with Gasteiger partial charge in [-0.15, -0.1) is 0 Å². The number of hydrogen-bond acceptors (Lipinski definition) is 1. The molecule has 1 aromatic rings. The molecule has 90 valence electrons. The molecule has 1 saturated heterocycles. The van der Waals surface area contributed by atoms with Crippen LogP contribution in [0, 0.1) is 5.41 Å². The van der Waals surface area contributed by atoms with Crippen molar-refractivity contribution in [1.29, 1.82) is 0 Å². The molecule has 0 bridgehead atoms. The van der Waals surface area contributed by atoms with E-state index < -0.39 is 0 Å². The molecule has 0 amide bonds.